The number of nitrogens with zero attached hydrogens (tertiary/aromatic N) is 3. The molecule has 0 aromatic heterocycles. The van der Waals surface area contributed by atoms with E-state index in [0.29, 0.717) is 31.7 Å². The molecule has 1 aliphatic carbocycles. The lowest BCUT2D eigenvalue weighted by atomic mass is 10.2. The lowest BCUT2D eigenvalue weighted by Crippen LogP contribution is -2.56. The average Bonchev–Trinajstić information content (AvgIpc) is 3.27. The number of likely N-dealkylation sites (N-methyl/N-ethyl adjacent to an activating group) is 1. The van der Waals surface area contributed by atoms with E-state index in [1.54, 1.807) is 11.4 Å². The molecule has 2 aliphatic rings. The van der Waals surface area contributed by atoms with Crippen LogP contribution in [0.15, 0.2) is 0 Å². The second-order valence-electron chi connectivity index (χ2n) is 6.25. The molecule has 1 saturated carbocycles. The lowest BCUT2D eigenvalue weighted by Gasteiger charge is -2.39. The summed E-state index contributed by atoms with van der Waals surface area (Å²) in [5.74, 6) is 0. The molecule has 0 aromatic rings. The molecule has 1 unspecified atom stereocenters. The van der Waals surface area contributed by atoms with E-state index in [1.165, 1.54) is 17.1 Å². The van der Waals surface area contributed by atoms with Gasteiger partial charge < -0.3 is 5.32 Å². The third kappa shape index (κ3) is 4.63. The first-order chi connectivity index (χ1) is 9.95. The first kappa shape index (κ1) is 17.1. The molecule has 1 aliphatic heterocycles. The fraction of sp³-hybridized carbons (Fsp3) is 1.00. The first-order valence-corrected chi connectivity index (χ1v) is 9.53. The Morgan fingerprint density at radius 2 is 2.00 bits per heavy atom. The number of rotatable bonds is 8. The van der Waals surface area contributed by atoms with Crippen molar-refractivity contribution in [3.05, 3.63) is 0 Å². The smallest absolute Gasteiger partial charge is 0.281 e. The van der Waals surface area contributed by atoms with Crippen molar-refractivity contribution in [1.29, 1.82) is 0 Å². The van der Waals surface area contributed by atoms with E-state index >= 15 is 0 Å². The predicted octanol–water partition coefficient (Wildman–Crippen LogP) is 0.331. The highest BCUT2D eigenvalue weighted by atomic mass is 32.2. The molecule has 6 nitrogen and oxygen atoms in total. The fourth-order valence-corrected chi connectivity index (χ4v) is 4.32. The minimum atomic E-state index is -3.30. The average molecular weight is 318 g/mol. The minimum Gasteiger partial charge on any atom is -0.314 e. The van der Waals surface area contributed by atoms with Gasteiger partial charge in [0.15, 0.2) is 0 Å². The highest BCUT2D eigenvalue weighted by Gasteiger charge is 2.32. The Morgan fingerprint density at radius 1 is 1.29 bits per heavy atom. The van der Waals surface area contributed by atoms with Crippen molar-refractivity contribution >= 4 is 10.2 Å². The van der Waals surface area contributed by atoms with Crippen LogP contribution in [0.3, 0.4) is 0 Å². The van der Waals surface area contributed by atoms with E-state index in [1.807, 2.05) is 0 Å². The van der Waals surface area contributed by atoms with Gasteiger partial charge in [-0.2, -0.15) is 17.0 Å². The topological polar surface area (TPSA) is 55.9 Å². The summed E-state index contributed by atoms with van der Waals surface area (Å²) < 4.78 is 28.3. The molecular weight excluding hydrogens is 288 g/mol. The van der Waals surface area contributed by atoms with Gasteiger partial charge in [0.1, 0.15) is 0 Å². The third-order valence-electron chi connectivity index (χ3n) is 4.51. The SMILES string of the molecule is CCN1CCN(S(=O)(=O)N(C)CCCNC2CC2)CC1C. The van der Waals surface area contributed by atoms with E-state index in [2.05, 4.69) is 24.1 Å². The summed E-state index contributed by atoms with van der Waals surface area (Å²) in [7, 11) is -1.60. The summed E-state index contributed by atoms with van der Waals surface area (Å²) in [6.45, 7) is 8.73. The molecule has 124 valence electrons. The Balaban J connectivity index is 1.78. The predicted molar refractivity (Wildman–Crippen MR) is 85.5 cm³/mol. The quantitative estimate of drug-likeness (QED) is 0.656. The van der Waals surface area contributed by atoms with Gasteiger partial charge in [0.05, 0.1) is 0 Å². The summed E-state index contributed by atoms with van der Waals surface area (Å²) in [6.07, 6.45) is 3.41. The largest absolute Gasteiger partial charge is 0.314 e. The summed E-state index contributed by atoms with van der Waals surface area (Å²) >= 11 is 0. The molecule has 1 N–H and O–H groups in total. The van der Waals surface area contributed by atoms with Crippen molar-refractivity contribution < 1.29 is 8.42 Å². The monoisotopic (exact) mass is 318 g/mol. The standard InChI is InChI=1S/C14H30N4O2S/c1-4-17-10-11-18(12-13(17)2)21(19,20)16(3)9-5-8-15-14-6-7-14/h13-15H,4-12H2,1-3H3. The zero-order chi connectivity index (χ0) is 15.5. The minimum absolute atomic E-state index is 0.295. The molecule has 0 spiro atoms. The van der Waals surface area contributed by atoms with Gasteiger partial charge in [-0.1, -0.05) is 6.92 Å². The van der Waals surface area contributed by atoms with Crippen LogP contribution in [0.4, 0.5) is 0 Å². The Labute approximate surface area is 129 Å². The maximum absolute atomic E-state index is 12.6. The van der Waals surface area contributed by atoms with Crippen LogP contribution >= 0.6 is 0 Å². The Kier molecular flexibility index (Phi) is 6.02. The second-order valence-corrected chi connectivity index (χ2v) is 8.28. The van der Waals surface area contributed by atoms with Gasteiger partial charge in [-0.05, 0) is 39.3 Å². The van der Waals surface area contributed by atoms with E-state index in [9.17, 15) is 8.42 Å². The van der Waals surface area contributed by atoms with E-state index < -0.39 is 10.2 Å². The van der Waals surface area contributed by atoms with E-state index in [0.717, 1.165) is 26.1 Å². The molecule has 1 atom stereocenters. The van der Waals surface area contributed by atoms with Crippen LogP contribution in [0, 0.1) is 0 Å². The van der Waals surface area contributed by atoms with Crippen LogP contribution in [-0.4, -0.2) is 80.3 Å². The van der Waals surface area contributed by atoms with Crippen molar-refractivity contribution in [2.24, 2.45) is 0 Å². The zero-order valence-electron chi connectivity index (χ0n) is 13.6. The van der Waals surface area contributed by atoms with Crippen molar-refractivity contribution in [1.82, 2.24) is 18.8 Å². The molecule has 0 radical (unpaired) electrons. The summed E-state index contributed by atoms with van der Waals surface area (Å²) in [5, 5.41) is 3.42. The van der Waals surface area contributed by atoms with Crippen LogP contribution in [0.2, 0.25) is 0 Å². The lowest BCUT2D eigenvalue weighted by molar-refractivity contribution is 0.131. The maximum Gasteiger partial charge on any atom is 0.281 e. The van der Waals surface area contributed by atoms with Crippen LogP contribution in [0.25, 0.3) is 0 Å². The van der Waals surface area contributed by atoms with E-state index in [-0.39, 0.29) is 0 Å². The Bertz CT molecular complexity index is 425. The van der Waals surface area contributed by atoms with Crippen LogP contribution in [0.1, 0.15) is 33.1 Å². The van der Waals surface area contributed by atoms with E-state index in [4.69, 9.17) is 0 Å². The van der Waals surface area contributed by atoms with Gasteiger partial charge in [0.2, 0.25) is 0 Å². The second kappa shape index (κ2) is 7.37. The summed E-state index contributed by atoms with van der Waals surface area (Å²) in [4.78, 5) is 2.32. The molecule has 0 bridgehead atoms. The van der Waals surface area contributed by atoms with Gasteiger partial charge in [0, 0.05) is 45.3 Å². The summed E-state index contributed by atoms with van der Waals surface area (Å²) in [6, 6.07) is 0.985. The Hall–Kier alpha value is -0.210. The van der Waals surface area contributed by atoms with Gasteiger partial charge in [0.25, 0.3) is 10.2 Å². The molecule has 2 rings (SSSR count). The van der Waals surface area contributed by atoms with Gasteiger partial charge in [-0.3, -0.25) is 4.90 Å². The molecule has 0 aromatic carbocycles. The number of hydrogen-bond donors (Lipinski definition) is 1. The highest BCUT2D eigenvalue weighted by Crippen LogP contribution is 2.18. The molecule has 0 amide bonds. The number of hydrogen-bond acceptors (Lipinski definition) is 4. The van der Waals surface area contributed by atoms with Crippen molar-refractivity contribution in [2.45, 2.75) is 45.2 Å². The van der Waals surface area contributed by atoms with Crippen molar-refractivity contribution in [3.8, 4) is 0 Å². The van der Waals surface area contributed by atoms with Crippen LogP contribution < -0.4 is 5.32 Å². The Morgan fingerprint density at radius 3 is 2.57 bits per heavy atom. The summed E-state index contributed by atoms with van der Waals surface area (Å²) in [5.41, 5.74) is 0. The van der Waals surface area contributed by atoms with Gasteiger partial charge in [-0.15, -0.1) is 0 Å². The van der Waals surface area contributed by atoms with Gasteiger partial charge >= 0.3 is 0 Å². The molecule has 7 heteroatoms. The molecule has 1 saturated heterocycles. The fourth-order valence-electron chi connectivity index (χ4n) is 2.85. The first-order valence-electron chi connectivity index (χ1n) is 8.14. The molecule has 2 fully saturated rings. The molecule has 1 heterocycles. The molecule has 21 heavy (non-hydrogen) atoms. The van der Waals surface area contributed by atoms with Gasteiger partial charge in [-0.25, -0.2) is 0 Å². The zero-order valence-corrected chi connectivity index (χ0v) is 14.4. The van der Waals surface area contributed by atoms with Crippen LogP contribution in [-0.2, 0) is 10.2 Å². The normalized spacial score (nSPS) is 25.6. The molecular formula is C14H30N4O2S. The maximum atomic E-state index is 12.6. The third-order valence-corrected chi connectivity index (χ3v) is 6.47. The van der Waals surface area contributed by atoms with Crippen molar-refractivity contribution in [2.75, 3.05) is 46.3 Å². The van der Waals surface area contributed by atoms with Crippen LogP contribution in [0.5, 0.6) is 0 Å². The highest BCUT2D eigenvalue weighted by molar-refractivity contribution is 7.86. The van der Waals surface area contributed by atoms with Crippen molar-refractivity contribution in [3.63, 3.8) is 0 Å². The number of piperazine rings is 1. The number of nitrogens with one attached hydrogen (secondary N) is 1.